The number of nitrogens with two attached hydrogens (primary N) is 1. The topological polar surface area (TPSA) is 42.2 Å². The van der Waals surface area contributed by atoms with Gasteiger partial charge in [0.1, 0.15) is 0 Å². The lowest BCUT2D eigenvalue weighted by atomic mass is 10.0. The van der Waals surface area contributed by atoms with Crippen molar-refractivity contribution in [2.75, 3.05) is 13.1 Å². The third-order valence-corrected chi connectivity index (χ3v) is 3.05. The first-order valence-corrected chi connectivity index (χ1v) is 6.00. The Balaban J connectivity index is 2.49. The van der Waals surface area contributed by atoms with Gasteiger partial charge in [-0.05, 0) is 37.1 Å². The quantitative estimate of drug-likeness (QED) is 0.797. The van der Waals surface area contributed by atoms with E-state index in [9.17, 15) is 0 Å². The SMILES string of the molecule is CCN(Cc1ccncc1)CC(C)C(C)N. The number of rotatable bonds is 6. The average Bonchev–Trinajstić information content (AvgIpc) is 2.29. The zero-order valence-electron chi connectivity index (χ0n) is 10.6. The molecule has 0 spiro atoms. The monoisotopic (exact) mass is 221 g/mol. The lowest BCUT2D eigenvalue weighted by Crippen LogP contribution is -2.35. The van der Waals surface area contributed by atoms with E-state index in [1.54, 1.807) is 0 Å². The molecule has 1 aromatic rings. The van der Waals surface area contributed by atoms with Crippen molar-refractivity contribution in [2.24, 2.45) is 11.7 Å². The first kappa shape index (κ1) is 13.1. The van der Waals surface area contributed by atoms with Crippen LogP contribution in [0.4, 0.5) is 0 Å². The molecule has 0 fully saturated rings. The van der Waals surface area contributed by atoms with E-state index in [-0.39, 0.29) is 6.04 Å². The van der Waals surface area contributed by atoms with Gasteiger partial charge in [-0.2, -0.15) is 0 Å². The van der Waals surface area contributed by atoms with Crippen LogP contribution in [-0.4, -0.2) is 29.0 Å². The third-order valence-electron chi connectivity index (χ3n) is 3.05. The van der Waals surface area contributed by atoms with Gasteiger partial charge in [0, 0.05) is 31.5 Å². The molecule has 0 saturated carbocycles. The lowest BCUT2D eigenvalue weighted by Gasteiger charge is -2.26. The summed E-state index contributed by atoms with van der Waals surface area (Å²) < 4.78 is 0. The summed E-state index contributed by atoms with van der Waals surface area (Å²) in [5, 5.41) is 0. The third kappa shape index (κ3) is 4.29. The van der Waals surface area contributed by atoms with Gasteiger partial charge in [0.25, 0.3) is 0 Å². The molecule has 0 aliphatic heterocycles. The van der Waals surface area contributed by atoms with Crippen molar-refractivity contribution < 1.29 is 0 Å². The maximum absolute atomic E-state index is 5.90. The maximum atomic E-state index is 5.90. The van der Waals surface area contributed by atoms with Crippen molar-refractivity contribution in [1.82, 2.24) is 9.88 Å². The summed E-state index contributed by atoms with van der Waals surface area (Å²) in [5.41, 5.74) is 7.21. The molecule has 16 heavy (non-hydrogen) atoms. The molecule has 90 valence electrons. The van der Waals surface area contributed by atoms with Crippen LogP contribution in [0, 0.1) is 5.92 Å². The highest BCUT2D eigenvalue weighted by Crippen LogP contribution is 2.08. The predicted octanol–water partition coefficient (Wildman–Crippen LogP) is 1.89. The molecule has 0 saturated heterocycles. The second-order valence-corrected chi connectivity index (χ2v) is 4.52. The molecule has 0 aromatic carbocycles. The summed E-state index contributed by atoms with van der Waals surface area (Å²) in [5.74, 6) is 0.529. The molecule has 1 rings (SSSR count). The van der Waals surface area contributed by atoms with Crippen molar-refractivity contribution in [3.63, 3.8) is 0 Å². The van der Waals surface area contributed by atoms with Gasteiger partial charge >= 0.3 is 0 Å². The van der Waals surface area contributed by atoms with Crippen molar-refractivity contribution in [3.05, 3.63) is 30.1 Å². The van der Waals surface area contributed by atoms with Crippen LogP contribution in [0.5, 0.6) is 0 Å². The number of hydrogen-bond donors (Lipinski definition) is 1. The molecule has 3 heteroatoms. The van der Waals surface area contributed by atoms with Crippen LogP contribution in [0.25, 0.3) is 0 Å². The van der Waals surface area contributed by atoms with Gasteiger partial charge in [0.2, 0.25) is 0 Å². The van der Waals surface area contributed by atoms with Crippen molar-refractivity contribution in [2.45, 2.75) is 33.4 Å². The van der Waals surface area contributed by atoms with Crippen LogP contribution in [-0.2, 0) is 6.54 Å². The van der Waals surface area contributed by atoms with Gasteiger partial charge in [-0.15, -0.1) is 0 Å². The molecule has 2 N–H and O–H groups in total. The zero-order chi connectivity index (χ0) is 12.0. The van der Waals surface area contributed by atoms with Crippen molar-refractivity contribution >= 4 is 0 Å². The zero-order valence-corrected chi connectivity index (χ0v) is 10.6. The van der Waals surface area contributed by atoms with E-state index < -0.39 is 0 Å². The lowest BCUT2D eigenvalue weighted by molar-refractivity contribution is 0.228. The first-order chi connectivity index (χ1) is 7.63. The Morgan fingerprint density at radius 2 is 1.94 bits per heavy atom. The standard InChI is InChI=1S/C13H23N3/c1-4-16(9-11(2)12(3)14)10-13-5-7-15-8-6-13/h5-8,11-12H,4,9-10,14H2,1-3H3. The Morgan fingerprint density at radius 3 is 2.44 bits per heavy atom. The average molecular weight is 221 g/mol. The summed E-state index contributed by atoms with van der Waals surface area (Å²) in [6.45, 7) is 9.56. The van der Waals surface area contributed by atoms with Crippen LogP contribution in [0.15, 0.2) is 24.5 Å². The Morgan fingerprint density at radius 1 is 1.31 bits per heavy atom. The van der Waals surface area contributed by atoms with Crippen molar-refractivity contribution in [3.8, 4) is 0 Å². The van der Waals surface area contributed by atoms with Crippen LogP contribution >= 0.6 is 0 Å². The van der Waals surface area contributed by atoms with E-state index in [0.29, 0.717) is 5.92 Å². The number of nitrogens with zero attached hydrogens (tertiary/aromatic N) is 2. The molecule has 0 aliphatic rings. The van der Waals surface area contributed by atoms with Gasteiger partial charge in [-0.3, -0.25) is 9.88 Å². The van der Waals surface area contributed by atoms with E-state index in [2.05, 4.69) is 42.8 Å². The summed E-state index contributed by atoms with van der Waals surface area (Å²) >= 11 is 0. The first-order valence-electron chi connectivity index (χ1n) is 6.00. The summed E-state index contributed by atoms with van der Waals surface area (Å²) in [6, 6.07) is 4.39. The highest BCUT2D eigenvalue weighted by Gasteiger charge is 2.12. The highest BCUT2D eigenvalue weighted by molar-refractivity contribution is 5.09. The van der Waals surface area contributed by atoms with E-state index >= 15 is 0 Å². The molecule has 0 radical (unpaired) electrons. The maximum Gasteiger partial charge on any atom is 0.0271 e. The molecule has 0 amide bonds. The minimum Gasteiger partial charge on any atom is -0.328 e. The van der Waals surface area contributed by atoms with E-state index in [0.717, 1.165) is 19.6 Å². The van der Waals surface area contributed by atoms with Gasteiger partial charge in [-0.25, -0.2) is 0 Å². The molecular formula is C13H23N3. The largest absolute Gasteiger partial charge is 0.328 e. The second kappa shape index (κ2) is 6.61. The Bertz CT molecular complexity index is 284. The molecule has 1 heterocycles. The van der Waals surface area contributed by atoms with Crippen LogP contribution in [0.1, 0.15) is 26.3 Å². The van der Waals surface area contributed by atoms with Gasteiger partial charge < -0.3 is 5.73 Å². The molecule has 0 aliphatic carbocycles. The molecule has 3 nitrogen and oxygen atoms in total. The van der Waals surface area contributed by atoms with Gasteiger partial charge in [0.05, 0.1) is 0 Å². The number of hydrogen-bond acceptors (Lipinski definition) is 3. The second-order valence-electron chi connectivity index (χ2n) is 4.52. The molecule has 1 aromatic heterocycles. The Labute approximate surface area is 98.7 Å². The summed E-state index contributed by atoms with van der Waals surface area (Å²) in [6.07, 6.45) is 3.69. The van der Waals surface area contributed by atoms with E-state index in [1.807, 2.05) is 12.4 Å². The molecular weight excluding hydrogens is 198 g/mol. The normalized spacial score (nSPS) is 15.1. The number of pyridine rings is 1. The van der Waals surface area contributed by atoms with Crippen LogP contribution < -0.4 is 5.73 Å². The Hall–Kier alpha value is -0.930. The minimum atomic E-state index is 0.256. The fraction of sp³-hybridized carbons (Fsp3) is 0.615. The fourth-order valence-corrected chi connectivity index (χ4v) is 1.63. The minimum absolute atomic E-state index is 0.256. The highest BCUT2D eigenvalue weighted by atomic mass is 15.1. The van der Waals surface area contributed by atoms with Gasteiger partial charge in [-0.1, -0.05) is 13.8 Å². The summed E-state index contributed by atoms with van der Waals surface area (Å²) in [7, 11) is 0. The smallest absolute Gasteiger partial charge is 0.0271 e. The summed E-state index contributed by atoms with van der Waals surface area (Å²) in [4.78, 5) is 6.45. The number of aromatic nitrogens is 1. The molecule has 2 atom stereocenters. The van der Waals surface area contributed by atoms with Crippen molar-refractivity contribution in [1.29, 1.82) is 0 Å². The van der Waals surface area contributed by atoms with E-state index in [4.69, 9.17) is 5.73 Å². The van der Waals surface area contributed by atoms with Gasteiger partial charge in [0.15, 0.2) is 0 Å². The van der Waals surface area contributed by atoms with Crippen LogP contribution in [0.3, 0.4) is 0 Å². The molecule has 2 unspecified atom stereocenters. The van der Waals surface area contributed by atoms with Crippen LogP contribution in [0.2, 0.25) is 0 Å². The molecule has 0 bridgehead atoms. The Kier molecular flexibility index (Phi) is 5.43. The fourth-order valence-electron chi connectivity index (χ4n) is 1.63. The van der Waals surface area contributed by atoms with E-state index in [1.165, 1.54) is 5.56 Å². The predicted molar refractivity (Wildman–Crippen MR) is 68.0 cm³/mol.